The van der Waals surface area contributed by atoms with Crippen LogP contribution in [0, 0.1) is 33.6 Å². The number of rotatable bonds is 7. The van der Waals surface area contributed by atoms with Crippen LogP contribution in [0.3, 0.4) is 0 Å². The number of nitrogens with zero attached hydrogens (tertiary/aromatic N) is 4. The quantitative estimate of drug-likeness (QED) is 0.515. The van der Waals surface area contributed by atoms with Crippen LogP contribution in [-0.2, 0) is 6.54 Å². The first-order valence-corrected chi connectivity index (χ1v) is 10.8. The second-order valence-corrected chi connectivity index (χ2v) is 8.91. The van der Waals surface area contributed by atoms with Gasteiger partial charge in [0.15, 0.2) is 0 Å². The maximum Gasteiger partial charge on any atom is 0.220 e. The molecular weight excluding hydrogens is 368 g/mol. The fraction of sp³-hybridized carbons (Fsp3) is 0.522. The van der Waals surface area contributed by atoms with E-state index >= 15 is 0 Å². The van der Waals surface area contributed by atoms with Crippen molar-refractivity contribution in [2.75, 3.05) is 13.1 Å². The Bertz CT molecular complexity index is 986. The number of hydrogen-bond acceptors (Lipinski definition) is 2. The van der Waals surface area contributed by atoms with Crippen LogP contribution in [0.25, 0.3) is 11.5 Å². The van der Waals surface area contributed by atoms with E-state index in [2.05, 4.69) is 60.6 Å². The highest BCUT2D eigenvalue weighted by Crippen LogP contribution is 2.32. The van der Waals surface area contributed by atoms with Crippen molar-refractivity contribution < 1.29 is 0 Å². The number of imidazole rings is 2. The van der Waals surface area contributed by atoms with Gasteiger partial charge in [-0.1, -0.05) is 36.2 Å². The molecule has 4 nitrogen and oxygen atoms in total. The van der Waals surface area contributed by atoms with Crippen LogP contribution in [0.5, 0.6) is 0 Å². The molecule has 0 radical (unpaired) electrons. The molecule has 0 saturated heterocycles. The number of fused-ring (bicyclic) bond motifs is 1. The van der Waals surface area contributed by atoms with E-state index in [9.17, 15) is 0 Å². The molecule has 1 aliphatic rings. The minimum absolute atomic E-state index is 0.711. The monoisotopic (exact) mass is 398 g/mol. The van der Waals surface area contributed by atoms with Crippen molar-refractivity contribution >= 4 is 17.4 Å². The molecule has 0 atom stereocenters. The third-order valence-electron chi connectivity index (χ3n) is 5.83. The maximum absolute atomic E-state index is 6.73. The van der Waals surface area contributed by atoms with Gasteiger partial charge in [0.25, 0.3) is 0 Å². The Morgan fingerprint density at radius 1 is 1.14 bits per heavy atom. The zero-order valence-electron chi connectivity index (χ0n) is 17.7. The van der Waals surface area contributed by atoms with Crippen LogP contribution in [-0.4, -0.2) is 31.9 Å². The summed E-state index contributed by atoms with van der Waals surface area (Å²) in [5.74, 6) is 1.80. The van der Waals surface area contributed by atoms with Gasteiger partial charge in [0.05, 0.1) is 17.1 Å². The molecule has 2 aromatic heterocycles. The zero-order valence-corrected chi connectivity index (χ0v) is 18.5. The van der Waals surface area contributed by atoms with Crippen LogP contribution >= 0.6 is 11.6 Å². The topological polar surface area (TPSA) is 25.5 Å². The first-order chi connectivity index (χ1) is 13.4. The van der Waals surface area contributed by atoms with Crippen molar-refractivity contribution in [3.63, 3.8) is 0 Å². The summed E-state index contributed by atoms with van der Waals surface area (Å²) in [6.45, 7) is 14.1. The summed E-state index contributed by atoms with van der Waals surface area (Å²) in [4.78, 5) is 7.52. The zero-order chi connectivity index (χ0) is 20.0. The van der Waals surface area contributed by atoms with Gasteiger partial charge < -0.3 is 0 Å². The third kappa shape index (κ3) is 3.60. The SMILES string of the molecule is CCCN(Cc1c(C)nc2n(-c3c(C)cc(C)cc3C)c(Cl)cn12)CC1CC1. The number of hydrogen-bond donors (Lipinski definition) is 0. The Balaban J connectivity index is 1.78. The largest absolute Gasteiger partial charge is 0.297 e. The summed E-state index contributed by atoms with van der Waals surface area (Å²) in [6.07, 6.45) is 5.98. The smallest absolute Gasteiger partial charge is 0.220 e. The lowest BCUT2D eigenvalue weighted by atomic mass is 10.1. The van der Waals surface area contributed by atoms with Gasteiger partial charge >= 0.3 is 0 Å². The number of aryl methyl sites for hydroxylation is 4. The van der Waals surface area contributed by atoms with Gasteiger partial charge in [-0.05, 0) is 70.5 Å². The van der Waals surface area contributed by atoms with E-state index < -0.39 is 0 Å². The lowest BCUT2D eigenvalue weighted by Gasteiger charge is -2.21. The van der Waals surface area contributed by atoms with Gasteiger partial charge in [0.1, 0.15) is 5.15 Å². The van der Waals surface area contributed by atoms with E-state index in [1.165, 1.54) is 48.2 Å². The number of aromatic nitrogens is 3. The predicted octanol–water partition coefficient (Wildman–Crippen LogP) is 5.63. The molecule has 0 bridgehead atoms. The van der Waals surface area contributed by atoms with Gasteiger partial charge in [0, 0.05) is 19.3 Å². The number of halogens is 1. The lowest BCUT2D eigenvalue weighted by molar-refractivity contribution is 0.251. The molecule has 2 heterocycles. The van der Waals surface area contributed by atoms with Gasteiger partial charge in [0.2, 0.25) is 5.78 Å². The summed E-state index contributed by atoms with van der Waals surface area (Å²) in [5.41, 5.74) is 7.22. The minimum atomic E-state index is 0.711. The number of benzene rings is 1. The summed E-state index contributed by atoms with van der Waals surface area (Å²) >= 11 is 6.73. The molecule has 1 fully saturated rings. The molecule has 5 heteroatoms. The van der Waals surface area contributed by atoms with Gasteiger partial charge in [-0.25, -0.2) is 4.98 Å². The molecule has 1 aliphatic carbocycles. The maximum atomic E-state index is 6.73. The van der Waals surface area contributed by atoms with Crippen LogP contribution in [0.4, 0.5) is 0 Å². The molecule has 0 unspecified atom stereocenters. The van der Waals surface area contributed by atoms with Gasteiger partial charge in [-0.3, -0.25) is 13.9 Å². The van der Waals surface area contributed by atoms with E-state index in [0.29, 0.717) is 5.15 Å². The summed E-state index contributed by atoms with van der Waals surface area (Å²) < 4.78 is 4.30. The Morgan fingerprint density at radius 2 is 1.82 bits per heavy atom. The van der Waals surface area contributed by atoms with Crippen LogP contribution < -0.4 is 0 Å². The Labute approximate surface area is 173 Å². The van der Waals surface area contributed by atoms with Crippen LogP contribution in [0.1, 0.15) is 54.3 Å². The van der Waals surface area contributed by atoms with Crippen LogP contribution in [0.15, 0.2) is 18.3 Å². The summed E-state index contributed by atoms with van der Waals surface area (Å²) in [6, 6.07) is 4.43. The third-order valence-corrected chi connectivity index (χ3v) is 6.09. The molecule has 0 aliphatic heterocycles. The highest BCUT2D eigenvalue weighted by molar-refractivity contribution is 6.30. The van der Waals surface area contributed by atoms with Crippen molar-refractivity contribution in [2.24, 2.45) is 5.92 Å². The molecule has 0 spiro atoms. The van der Waals surface area contributed by atoms with E-state index in [1.54, 1.807) is 0 Å². The lowest BCUT2D eigenvalue weighted by Crippen LogP contribution is -2.27. The highest BCUT2D eigenvalue weighted by atomic mass is 35.5. The van der Waals surface area contributed by atoms with Gasteiger partial charge in [-0.2, -0.15) is 0 Å². The fourth-order valence-corrected chi connectivity index (χ4v) is 4.73. The highest BCUT2D eigenvalue weighted by Gasteiger charge is 2.26. The van der Waals surface area contributed by atoms with Gasteiger partial charge in [-0.15, -0.1) is 0 Å². The molecule has 1 saturated carbocycles. The van der Waals surface area contributed by atoms with E-state index in [4.69, 9.17) is 16.6 Å². The summed E-state index contributed by atoms with van der Waals surface area (Å²) in [5, 5.41) is 0.711. The normalized spacial score (nSPS) is 14.5. The Morgan fingerprint density at radius 3 is 2.43 bits per heavy atom. The Hall–Kier alpha value is -1.78. The van der Waals surface area contributed by atoms with Crippen LogP contribution in [0.2, 0.25) is 5.15 Å². The average molecular weight is 399 g/mol. The molecule has 0 amide bonds. The molecule has 1 aromatic carbocycles. The molecule has 4 rings (SSSR count). The minimum Gasteiger partial charge on any atom is -0.297 e. The van der Waals surface area contributed by atoms with Crippen molar-refractivity contribution in [2.45, 2.75) is 60.4 Å². The van der Waals surface area contributed by atoms with E-state index in [0.717, 1.165) is 36.2 Å². The molecule has 0 N–H and O–H groups in total. The molecule has 150 valence electrons. The van der Waals surface area contributed by atoms with E-state index in [1.807, 2.05) is 6.20 Å². The fourth-order valence-electron chi connectivity index (χ4n) is 4.47. The predicted molar refractivity (Wildman–Crippen MR) is 117 cm³/mol. The second-order valence-electron chi connectivity index (χ2n) is 8.53. The van der Waals surface area contributed by atoms with Crippen molar-refractivity contribution in [3.05, 3.63) is 51.6 Å². The Kier molecular flexibility index (Phi) is 5.28. The summed E-state index contributed by atoms with van der Waals surface area (Å²) in [7, 11) is 0. The first kappa shape index (κ1) is 19.5. The molecular formula is C23H31ClN4. The van der Waals surface area contributed by atoms with Crippen molar-refractivity contribution in [1.82, 2.24) is 18.9 Å². The second kappa shape index (κ2) is 7.57. The standard InChI is InChI=1S/C23H31ClN4/c1-6-9-26(12-19-7-8-19)13-20-18(5)25-23-27(20)14-21(24)28(23)22-16(3)10-15(2)11-17(22)4/h10-11,14,19H,6-9,12-13H2,1-5H3. The molecule has 3 aromatic rings. The average Bonchev–Trinajstić information content (AvgIpc) is 3.31. The van der Waals surface area contributed by atoms with E-state index in [-0.39, 0.29) is 0 Å². The van der Waals surface area contributed by atoms with Crippen molar-refractivity contribution in [3.8, 4) is 5.69 Å². The molecule has 28 heavy (non-hydrogen) atoms. The first-order valence-electron chi connectivity index (χ1n) is 10.4. The van der Waals surface area contributed by atoms with Crippen molar-refractivity contribution in [1.29, 1.82) is 0 Å².